The van der Waals surface area contributed by atoms with E-state index < -0.39 is 40.7 Å². The lowest BCUT2D eigenvalue weighted by Crippen LogP contribution is -2.35. The van der Waals surface area contributed by atoms with Crippen LogP contribution in [0.4, 0.5) is 24.5 Å². The van der Waals surface area contributed by atoms with Crippen LogP contribution in [0.25, 0.3) is 0 Å². The number of aliphatic hydroxyl groups is 1. The number of thiazole rings is 1. The Morgan fingerprint density at radius 1 is 1.16 bits per heavy atom. The number of rotatable bonds is 5. The van der Waals surface area contributed by atoms with E-state index in [1.54, 1.807) is 5.38 Å². The second-order valence-corrected chi connectivity index (χ2v) is 9.80. The number of ether oxygens (including phenoxy) is 1. The van der Waals surface area contributed by atoms with Crippen molar-refractivity contribution < 1.29 is 36.2 Å². The van der Waals surface area contributed by atoms with Gasteiger partial charge in [0, 0.05) is 23.2 Å². The van der Waals surface area contributed by atoms with E-state index in [-0.39, 0.29) is 33.3 Å². The third kappa shape index (κ3) is 4.20. The number of aliphatic hydroxyl groups excluding tert-OH is 1. The zero-order valence-corrected chi connectivity index (χ0v) is 17.8. The number of hydrogen-bond acceptors (Lipinski definition) is 7. The highest BCUT2D eigenvalue weighted by Crippen LogP contribution is 2.41. The first-order chi connectivity index (χ1) is 15.1. The molecule has 1 aliphatic heterocycles. The molecule has 168 valence electrons. The summed E-state index contributed by atoms with van der Waals surface area (Å²) in [6, 6.07) is 6.57. The van der Waals surface area contributed by atoms with Gasteiger partial charge in [0.05, 0.1) is 28.4 Å². The number of carbonyl (C=O) groups is 1. The molecule has 0 unspecified atom stereocenters. The molecule has 1 N–H and O–H groups in total. The number of alkyl halides is 3. The molecule has 1 amide bonds. The Morgan fingerprint density at radius 2 is 1.91 bits per heavy atom. The van der Waals surface area contributed by atoms with Gasteiger partial charge in [-0.05, 0) is 30.3 Å². The fourth-order valence-electron chi connectivity index (χ4n) is 3.27. The van der Waals surface area contributed by atoms with Crippen molar-refractivity contribution in [1.82, 2.24) is 4.98 Å². The topological polar surface area (TPSA) is 96.8 Å². The predicted molar refractivity (Wildman–Crippen MR) is 109 cm³/mol. The highest BCUT2D eigenvalue weighted by atomic mass is 32.2. The van der Waals surface area contributed by atoms with Gasteiger partial charge in [-0.15, -0.1) is 11.3 Å². The number of nitrogens with zero attached hydrogens (tertiary/aromatic N) is 2. The Balaban J connectivity index is 1.74. The SMILES string of the molecule is O=C1COc2cc(S(=O)(=O)Cc3nccs3)ccc2N1c1ccc(C(F)(F)F)cc1CO. The van der Waals surface area contributed by atoms with Gasteiger partial charge in [-0.25, -0.2) is 13.4 Å². The fourth-order valence-corrected chi connectivity index (χ4v) is 5.53. The molecule has 0 atom stereocenters. The van der Waals surface area contributed by atoms with Crippen molar-refractivity contribution in [1.29, 1.82) is 0 Å². The summed E-state index contributed by atoms with van der Waals surface area (Å²) in [4.78, 5) is 17.6. The van der Waals surface area contributed by atoms with Gasteiger partial charge in [0.25, 0.3) is 5.91 Å². The molecule has 3 aromatic rings. The second-order valence-electron chi connectivity index (χ2n) is 6.83. The van der Waals surface area contributed by atoms with Crippen molar-refractivity contribution in [3.05, 3.63) is 64.1 Å². The molecular formula is C20H15F3N2O5S2. The molecule has 7 nitrogen and oxygen atoms in total. The Hall–Kier alpha value is -2.96. The van der Waals surface area contributed by atoms with Crippen LogP contribution in [0.1, 0.15) is 16.1 Å². The van der Waals surface area contributed by atoms with Crippen molar-refractivity contribution in [2.24, 2.45) is 0 Å². The standard InChI is InChI=1S/C20H15F3N2O5S2/c21-20(22,23)13-1-3-15(12(7-13)9-26)25-16-4-2-14(8-17(16)30-10-19(25)27)32(28,29)11-18-24-5-6-31-18/h1-8,26H,9-11H2. The average molecular weight is 484 g/mol. The largest absolute Gasteiger partial charge is 0.481 e. The zero-order chi connectivity index (χ0) is 23.1. The number of halogens is 3. The Kier molecular flexibility index (Phi) is 5.69. The molecule has 0 fully saturated rings. The van der Waals surface area contributed by atoms with E-state index in [1.807, 2.05) is 0 Å². The molecule has 0 saturated heterocycles. The molecule has 32 heavy (non-hydrogen) atoms. The van der Waals surface area contributed by atoms with E-state index in [9.17, 15) is 31.5 Å². The smallest absolute Gasteiger partial charge is 0.416 e. The molecular weight excluding hydrogens is 469 g/mol. The molecule has 1 aromatic heterocycles. The van der Waals surface area contributed by atoms with Gasteiger partial charge in [0.1, 0.15) is 16.5 Å². The first-order valence-electron chi connectivity index (χ1n) is 9.12. The lowest BCUT2D eigenvalue weighted by Gasteiger charge is -2.31. The number of fused-ring (bicyclic) bond motifs is 1. The van der Waals surface area contributed by atoms with Crippen LogP contribution < -0.4 is 9.64 Å². The molecule has 0 radical (unpaired) electrons. The summed E-state index contributed by atoms with van der Waals surface area (Å²) in [6.45, 7) is -1.19. The zero-order valence-electron chi connectivity index (χ0n) is 16.2. The van der Waals surface area contributed by atoms with Gasteiger partial charge in [-0.3, -0.25) is 9.69 Å². The van der Waals surface area contributed by atoms with Crippen LogP contribution in [0, 0.1) is 0 Å². The van der Waals surface area contributed by atoms with Crippen LogP contribution in [0.3, 0.4) is 0 Å². The number of hydrogen-bond donors (Lipinski definition) is 1. The summed E-state index contributed by atoms with van der Waals surface area (Å²) in [5.74, 6) is -0.807. The fraction of sp³-hybridized carbons (Fsp3) is 0.200. The highest BCUT2D eigenvalue weighted by molar-refractivity contribution is 7.90. The van der Waals surface area contributed by atoms with E-state index >= 15 is 0 Å². The van der Waals surface area contributed by atoms with Crippen LogP contribution in [-0.2, 0) is 33.2 Å². The van der Waals surface area contributed by atoms with Gasteiger partial charge >= 0.3 is 6.18 Å². The number of carbonyl (C=O) groups excluding carboxylic acids is 1. The molecule has 0 bridgehead atoms. The van der Waals surface area contributed by atoms with Crippen LogP contribution in [0.5, 0.6) is 5.75 Å². The van der Waals surface area contributed by atoms with E-state index in [0.717, 1.165) is 23.1 Å². The average Bonchev–Trinajstić information content (AvgIpc) is 3.24. The van der Waals surface area contributed by atoms with E-state index in [4.69, 9.17) is 4.74 Å². The summed E-state index contributed by atoms with van der Waals surface area (Å²) in [6.07, 6.45) is -3.12. The van der Waals surface area contributed by atoms with Crippen LogP contribution in [0.15, 0.2) is 52.9 Å². The Morgan fingerprint density at radius 3 is 2.56 bits per heavy atom. The van der Waals surface area contributed by atoms with Crippen molar-refractivity contribution in [3.63, 3.8) is 0 Å². The Bertz CT molecular complexity index is 1270. The summed E-state index contributed by atoms with van der Waals surface area (Å²) in [5.41, 5.74) is -0.867. The first kappa shape index (κ1) is 22.2. The maximum absolute atomic E-state index is 13.0. The van der Waals surface area contributed by atoms with Gasteiger partial charge < -0.3 is 9.84 Å². The van der Waals surface area contributed by atoms with Crippen LogP contribution in [-0.4, -0.2) is 31.0 Å². The molecule has 0 saturated carbocycles. The maximum atomic E-state index is 13.0. The predicted octanol–water partition coefficient (Wildman–Crippen LogP) is 3.69. The molecule has 4 rings (SSSR count). The monoisotopic (exact) mass is 484 g/mol. The van der Waals surface area contributed by atoms with Crippen molar-refractivity contribution in [3.8, 4) is 5.75 Å². The lowest BCUT2D eigenvalue weighted by molar-refractivity contribution is -0.137. The minimum atomic E-state index is -4.62. The highest BCUT2D eigenvalue weighted by Gasteiger charge is 2.34. The van der Waals surface area contributed by atoms with Crippen molar-refractivity contribution in [2.45, 2.75) is 23.4 Å². The van der Waals surface area contributed by atoms with E-state index in [2.05, 4.69) is 4.98 Å². The summed E-state index contributed by atoms with van der Waals surface area (Å²) in [5, 5.41) is 11.7. The second kappa shape index (κ2) is 8.19. The quantitative estimate of drug-likeness (QED) is 0.594. The molecule has 0 spiro atoms. The summed E-state index contributed by atoms with van der Waals surface area (Å²) < 4.78 is 70.0. The third-order valence-corrected chi connectivity index (χ3v) is 7.33. The maximum Gasteiger partial charge on any atom is 0.416 e. The van der Waals surface area contributed by atoms with Crippen molar-refractivity contribution >= 4 is 38.5 Å². The van der Waals surface area contributed by atoms with E-state index in [0.29, 0.717) is 5.01 Å². The van der Waals surface area contributed by atoms with Crippen LogP contribution >= 0.6 is 11.3 Å². The Labute approximate surface area is 184 Å². The normalized spacial score (nSPS) is 14.2. The minimum Gasteiger partial charge on any atom is -0.481 e. The summed E-state index contributed by atoms with van der Waals surface area (Å²) >= 11 is 1.20. The molecule has 0 aliphatic carbocycles. The number of benzene rings is 2. The third-order valence-electron chi connectivity index (χ3n) is 4.75. The number of amides is 1. The first-order valence-corrected chi connectivity index (χ1v) is 11.7. The molecule has 12 heteroatoms. The lowest BCUT2D eigenvalue weighted by atomic mass is 10.1. The number of anilines is 2. The molecule has 2 heterocycles. The van der Waals surface area contributed by atoms with E-state index in [1.165, 1.54) is 35.7 Å². The molecule has 2 aromatic carbocycles. The molecule has 1 aliphatic rings. The van der Waals surface area contributed by atoms with Gasteiger partial charge in [-0.1, -0.05) is 0 Å². The minimum absolute atomic E-state index is 0.0458. The van der Waals surface area contributed by atoms with Gasteiger partial charge in [0.15, 0.2) is 16.4 Å². The van der Waals surface area contributed by atoms with Gasteiger partial charge in [-0.2, -0.15) is 13.2 Å². The van der Waals surface area contributed by atoms with Crippen LogP contribution in [0.2, 0.25) is 0 Å². The van der Waals surface area contributed by atoms with Crippen molar-refractivity contribution in [2.75, 3.05) is 11.5 Å². The summed E-state index contributed by atoms with van der Waals surface area (Å²) in [7, 11) is -3.75. The van der Waals surface area contributed by atoms with Gasteiger partial charge in [0.2, 0.25) is 0 Å². The number of sulfone groups is 1. The number of aromatic nitrogens is 1.